The Morgan fingerprint density at radius 2 is 2.12 bits per heavy atom. The molecule has 2 unspecified atom stereocenters. The predicted octanol–water partition coefficient (Wildman–Crippen LogP) is 0.788. The summed E-state index contributed by atoms with van der Waals surface area (Å²) in [5.74, 6) is 0.687. The fraction of sp³-hybridized carbons (Fsp3) is 1.00. The summed E-state index contributed by atoms with van der Waals surface area (Å²) in [6, 6.07) is 0.725. The second-order valence-corrected chi connectivity index (χ2v) is 4.57. The van der Waals surface area contributed by atoms with Crippen molar-refractivity contribution in [2.75, 3.05) is 33.5 Å². The molecule has 2 N–H and O–H groups in total. The highest BCUT2D eigenvalue weighted by Gasteiger charge is 2.22. The van der Waals surface area contributed by atoms with E-state index >= 15 is 0 Å². The fourth-order valence-corrected chi connectivity index (χ4v) is 2.30. The lowest BCUT2D eigenvalue weighted by Crippen LogP contribution is -2.45. The summed E-state index contributed by atoms with van der Waals surface area (Å²) in [5, 5.41) is 12.5. The number of methoxy groups -OCH3 is 1. The fourth-order valence-electron chi connectivity index (χ4n) is 2.30. The van der Waals surface area contributed by atoms with Crippen molar-refractivity contribution in [3.8, 4) is 0 Å². The highest BCUT2D eigenvalue weighted by Crippen LogP contribution is 2.19. The van der Waals surface area contributed by atoms with Crippen molar-refractivity contribution in [2.45, 2.75) is 38.3 Å². The van der Waals surface area contributed by atoms with Crippen LogP contribution in [0.1, 0.15) is 26.2 Å². The lowest BCUT2D eigenvalue weighted by Gasteiger charge is -2.31. The quantitative estimate of drug-likeness (QED) is 0.680. The van der Waals surface area contributed by atoms with Crippen molar-refractivity contribution in [3.05, 3.63) is 0 Å². The molecule has 16 heavy (non-hydrogen) atoms. The van der Waals surface area contributed by atoms with Crippen LogP contribution >= 0.6 is 0 Å². The van der Waals surface area contributed by atoms with Crippen molar-refractivity contribution in [1.82, 2.24) is 5.32 Å². The first-order valence-electron chi connectivity index (χ1n) is 6.21. The summed E-state index contributed by atoms with van der Waals surface area (Å²) in [6.07, 6.45) is 3.02. The third-order valence-corrected chi connectivity index (χ3v) is 3.32. The number of aliphatic hydroxyl groups is 1. The van der Waals surface area contributed by atoms with Crippen LogP contribution in [0, 0.1) is 5.92 Å². The van der Waals surface area contributed by atoms with Crippen LogP contribution in [0.4, 0.5) is 0 Å². The summed E-state index contributed by atoms with van der Waals surface area (Å²) < 4.78 is 10.5. The molecule has 0 aromatic carbocycles. The Labute approximate surface area is 98.3 Å². The Bertz CT molecular complexity index is 166. The molecule has 0 spiro atoms. The molecule has 0 saturated carbocycles. The van der Waals surface area contributed by atoms with Crippen LogP contribution in [0.15, 0.2) is 0 Å². The highest BCUT2D eigenvalue weighted by atomic mass is 16.5. The molecule has 0 bridgehead atoms. The molecular weight excluding hydrogens is 206 g/mol. The lowest BCUT2D eigenvalue weighted by molar-refractivity contribution is 0.0506. The van der Waals surface area contributed by atoms with Gasteiger partial charge in [-0.25, -0.2) is 0 Å². The van der Waals surface area contributed by atoms with E-state index in [2.05, 4.69) is 12.2 Å². The molecule has 0 aromatic heterocycles. The summed E-state index contributed by atoms with van der Waals surface area (Å²) in [7, 11) is 1.70. The summed E-state index contributed by atoms with van der Waals surface area (Å²) in [5.41, 5.74) is 0. The Kier molecular flexibility index (Phi) is 6.96. The second-order valence-electron chi connectivity index (χ2n) is 4.57. The smallest absolute Gasteiger partial charge is 0.0616 e. The Morgan fingerprint density at radius 1 is 1.44 bits per heavy atom. The minimum atomic E-state index is 0.210. The molecule has 1 saturated heterocycles. The van der Waals surface area contributed by atoms with Crippen LogP contribution in [0.2, 0.25) is 0 Å². The van der Waals surface area contributed by atoms with Gasteiger partial charge in [-0.2, -0.15) is 0 Å². The van der Waals surface area contributed by atoms with Gasteiger partial charge >= 0.3 is 0 Å². The van der Waals surface area contributed by atoms with Crippen LogP contribution in [0.25, 0.3) is 0 Å². The standard InChI is InChI=1S/C12H25NO3/c1-10(11-4-7-16-8-5-11)13-12(3-6-14)9-15-2/h10-14H,3-9H2,1-2H3. The second kappa shape index (κ2) is 8.01. The van der Waals surface area contributed by atoms with E-state index in [0.717, 1.165) is 32.5 Å². The third-order valence-electron chi connectivity index (χ3n) is 3.32. The number of hydrogen-bond donors (Lipinski definition) is 2. The first kappa shape index (κ1) is 13.9. The molecule has 0 aromatic rings. The average Bonchev–Trinajstić information content (AvgIpc) is 2.31. The van der Waals surface area contributed by atoms with Gasteiger partial charge in [-0.1, -0.05) is 0 Å². The molecule has 96 valence electrons. The molecule has 1 rings (SSSR count). The first-order chi connectivity index (χ1) is 7.77. The Balaban J connectivity index is 2.30. The zero-order valence-corrected chi connectivity index (χ0v) is 10.4. The van der Waals surface area contributed by atoms with Crippen molar-refractivity contribution in [3.63, 3.8) is 0 Å². The molecule has 4 nitrogen and oxygen atoms in total. The molecule has 0 amide bonds. The first-order valence-corrected chi connectivity index (χ1v) is 6.21. The highest BCUT2D eigenvalue weighted by molar-refractivity contribution is 4.78. The molecule has 1 aliphatic rings. The normalized spacial score (nSPS) is 21.9. The number of ether oxygens (including phenoxy) is 2. The maximum Gasteiger partial charge on any atom is 0.0616 e. The largest absolute Gasteiger partial charge is 0.396 e. The van der Waals surface area contributed by atoms with Gasteiger partial charge in [-0.3, -0.25) is 0 Å². The molecule has 0 radical (unpaired) electrons. The van der Waals surface area contributed by atoms with Gasteiger partial charge in [-0.05, 0) is 32.1 Å². The molecule has 1 fully saturated rings. The van der Waals surface area contributed by atoms with Crippen LogP contribution in [-0.4, -0.2) is 50.7 Å². The van der Waals surface area contributed by atoms with Crippen LogP contribution in [0.3, 0.4) is 0 Å². The average molecular weight is 231 g/mol. The minimum Gasteiger partial charge on any atom is -0.396 e. The zero-order valence-electron chi connectivity index (χ0n) is 10.4. The van der Waals surface area contributed by atoms with Gasteiger partial charge in [0.2, 0.25) is 0 Å². The molecule has 1 aliphatic heterocycles. The van der Waals surface area contributed by atoms with Gasteiger partial charge in [0.1, 0.15) is 0 Å². The number of rotatable bonds is 7. The Hall–Kier alpha value is -0.160. The third kappa shape index (κ3) is 4.78. The molecular formula is C12H25NO3. The van der Waals surface area contributed by atoms with Crippen molar-refractivity contribution in [1.29, 1.82) is 0 Å². The maximum atomic E-state index is 8.97. The van der Waals surface area contributed by atoms with Gasteiger partial charge in [-0.15, -0.1) is 0 Å². The van der Waals surface area contributed by atoms with E-state index in [1.54, 1.807) is 7.11 Å². The summed E-state index contributed by atoms with van der Waals surface area (Å²) in [4.78, 5) is 0. The summed E-state index contributed by atoms with van der Waals surface area (Å²) >= 11 is 0. The van der Waals surface area contributed by atoms with Crippen LogP contribution in [0.5, 0.6) is 0 Å². The topological polar surface area (TPSA) is 50.7 Å². The number of nitrogens with one attached hydrogen (secondary N) is 1. The molecule has 2 atom stereocenters. The monoisotopic (exact) mass is 231 g/mol. The van der Waals surface area contributed by atoms with Crippen molar-refractivity contribution in [2.24, 2.45) is 5.92 Å². The lowest BCUT2D eigenvalue weighted by atomic mass is 9.92. The SMILES string of the molecule is COCC(CCO)NC(C)C1CCOCC1. The molecule has 0 aliphatic carbocycles. The van der Waals surface area contributed by atoms with E-state index < -0.39 is 0 Å². The molecule has 1 heterocycles. The minimum absolute atomic E-state index is 0.210. The van der Waals surface area contributed by atoms with Crippen LogP contribution < -0.4 is 5.32 Å². The Morgan fingerprint density at radius 3 is 2.69 bits per heavy atom. The van der Waals surface area contributed by atoms with E-state index in [4.69, 9.17) is 14.6 Å². The van der Waals surface area contributed by atoms with Crippen molar-refractivity contribution >= 4 is 0 Å². The summed E-state index contributed by atoms with van der Waals surface area (Å²) in [6.45, 7) is 4.85. The van der Waals surface area contributed by atoms with E-state index in [1.807, 2.05) is 0 Å². The zero-order chi connectivity index (χ0) is 11.8. The molecule has 4 heteroatoms. The van der Waals surface area contributed by atoms with Crippen LogP contribution in [-0.2, 0) is 9.47 Å². The van der Waals surface area contributed by atoms with E-state index in [9.17, 15) is 0 Å². The van der Waals surface area contributed by atoms with Gasteiger partial charge in [0.25, 0.3) is 0 Å². The van der Waals surface area contributed by atoms with E-state index in [1.165, 1.54) is 0 Å². The van der Waals surface area contributed by atoms with E-state index in [0.29, 0.717) is 18.6 Å². The predicted molar refractivity (Wildman–Crippen MR) is 63.5 cm³/mol. The maximum absolute atomic E-state index is 8.97. The van der Waals surface area contributed by atoms with Gasteiger partial charge in [0, 0.05) is 39.0 Å². The van der Waals surface area contributed by atoms with Gasteiger partial charge in [0.15, 0.2) is 0 Å². The number of aliphatic hydroxyl groups excluding tert-OH is 1. The number of hydrogen-bond acceptors (Lipinski definition) is 4. The van der Waals surface area contributed by atoms with E-state index in [-0.39, 0.29) is 12.6 Å². The van der Waals surface area contributed by atoms with Crippen molar-refractivity contribution < 1.29 is 14.6 Å². The van der Waals surface area contributed by atoms with Gasteiger partial charge in [0.05, 0.1) is 6.61 Å². The van der Waals surface area contributed by atoms with Gasteiger partial charge < -0.3 is 19.9 Å².